The number of likely N-dealkylation sites (tertiary alicyclic amines) is 2. The summed E-state index contributed by atoms with van der Waals surface area (Å²) in [6.45, 7) is 4.07. The van der Waals surface area contributed by atoms with Gasteiger partial charge in [-0.25, -0.2) is 0 Å². The van der Waals surface area contributed by atoms with Crippen molar-refractivity contribution >= 4 is 23.2 Å². The van der Waals surface area contributed by atoms with Crippen LogP contribution in [0.4, 0.5) is 0 Å². The normalized spacial score (nSPS) is 21.3. The maximum Gasteiger partial charge on any atom is 0.263 e. The molecular weight excluding hydrogens is 372 g/mol. The van der Waals surface area contributed by atoms with Crippen LogP contribution in [0.1, 0.15) is 44.2 Å². The van der Waals surface area contributed by atoms with E-state index < -0.39 is 0 Å². The summed E-state index contributed by atoms with van der Waals surface area (Å²) in [6, 6.07) is 13.0. The van der Waals surface area contributed by atoms with Crippen molar-refractivity contribution in [3.8, 4) is 0 Å². The van der Waals surface area contributed by atoms with Gasteiger partial charge in [-0.05, 0) is 55.9 Å². The lowest BCUT2D eigenvalue weighted by molar-refractivity contribution is 0.0563. The summed E-state index contributed by atoms with van der Waals surface area (Å²) in [4.78, 5) is 31.4. The number of hydrogen-bond donors (Lipinski definition) is 1. The Morgan fingerprint density at radius 2 is 1.82 bits per heavy atom. The van der Waals surface area contributed by atoms with Crippen LogP contribution in [0.25, 0.3) is 0 Å². The van der Waals surface area contributed by atoms with E-state index in [1.54, 1.807) is 11.3 Å². The summed E-state index contributed by atoms with van der Waals surface area (Å²) in [5, 5.41) is 9.88. The Hall–Kier alpha value is -2.18. The van der Waals surface area contributed by atoms with Crippen molar-refractivity contribution in [1.82, 2.24) is 9.80 Å². The monoisotopic (exact) mass is 398 g/mol. The molecule has 0 saturated carbocycles. The van der Waals surface area contributed by atoms with Crippen LogP contribution in [0, 0.1) is 12.3 Å². The van der Waals surface area contributed by atoms with Crippen LogP contribution in [-0.2, 0) is 0 Å². The Labute approximate surface area is 169 Å². The molecule has 1 aromatic carbocycles. The molecule has 148 valence electrons. The van der Waals surface area contributed by atoms with Crippen molar-refractivity contribution in [3.63, 3.8) is 0 Å². The first-order valence-corrected chi connectivity index (χ1v) is 10.7. The van der Waals surface area contributed by atoms with E-state index in [0.29, 0.717) is 25.2 Å². The molecule has 2 aromatic rings. The molecule has 2 saturated heterocycles. The summed E-state index contributed by atoms with van der Waals surface area (Å²) >= 11 is 1.54. The standard InChI is InChI=1S/C22H26N2O3S/c1-16-7-8-19(28-16)21(27)23-11-9-22(10-12-23)13-18(14-25)24(15-22)20(26)17-5-3-2-4-6-17/h2-8,18,25H,9-15H2,1H3/t18-/m1/s1. The maximum absolute atomic E-state index is 13.0. The highest BCUT2D eigenvalue weighted by Gasteiger charge is 2.47. The van der Waals surface area contributed by atoms with Crippen LogP contribution in [0.2, 0.25) is 0 Å². The second kappa shape index (κ2) is 7.68. The lowest BCUT2D eigenvalue weighted by Crippen LogP contribution is -2.44. The number of thiophene rings is 1. The Morgan fingerprint density at radius 1 is 1.11 bits per heavy atom. The highest BCUT2D eigenvalue weighted by Crippen LogP contribution is 2.44. The number of carbonyl (C=O) groups is 2. The predicted molar refractivity (Wildman–Crippen MR) is 110 cm³/mol. The van der Waals surface area contributed by atoms with Crippen molar-refractivity contribution in [2.75, 3.05) is 26.2 Å². The van der Waals surface area contributed by atoms with Gasteiger partial charge in [0.25, 0.3) is 11.8 Å². The molecule has 1 atom stereocenters. The summed E-state index contributed by atoms with van der Waals surface area (Å²) in [5.41, 5.74) is 0.665. The van der Waals surface area contributed by atoms with Crippen molar-refractivity contribution < 1.29 is 14.7 Å². The molecule has 28 heavy (non-hydrogen) atoms. The van der Waals surface area contributed by atoms with Gasteiger partial charge in [-0.1, -0.05) is 18.2 Å². The van der Waals surface area contributed by atoms with E-state index in [2.05, 4.69) is 0 Å². The van der Waals surface area contributed by atoms with Gasteiger partial charge in [-0.15, -0.1) is 11.3 Å². The minimum absolute atomic E-state index is 0.0000164. The van der Waals surface area contributed by atoms with Gasteiger partial charge in [0.2, 0.25) is 0 Å². The number of aliphatic hydroxyl groups is 1. The fourth-order valence-corrected chi connectivity index (χ4v) is 5.40. The zero-order chi connectivity index (χ0) is 19.7. The molecule has 1 spiro atoms. The van der Waals surface area contributed by atoms with E-state index >= 15 is 0 Å². The van der Waals surface area contributed by atoms with Crippen LogP contribution in [-0.4, -0.2) is 59.0 Å². The molecule has 2 aliphatic heterocycles. The van der Waals surface area contributed by atoms with E-state index in [9.17, 15) is 14.7 Å². The average molecular weight is 399 g/mol. The number of amides is 2. The van der Waals surface area contributed by atoms with E-state index in [-0.39, 0.29) is 29.9 Å². The second-order valence-corrected chi connectivity index (χ2v) is 9.33. The first-order chi connectivity index (χ1) is 13.5. The van der Waals surface area contributed by atoms with Gasteiger partial charge in [0.05, 0.1) is 17.5 Å². The van der Waals surface area contributed by atoms with E-state index in [1.807, 2.05) is 59.2 Å². The third kappa shape index (κ3) is 3.59. The molecule has 1 aromatic heterocycles. The molecule has 0 bridgehead atoms. The summed E-state index contributed by atoms with van der Waals surface area (Å²) < 4.78 is 0. The van der Waals surface area contributed by atoms with Crippen LogP contribution < -0.4 is 0 Å². The molecule has 2 amide bonds. The van der Waals surface area contributed by atoms with Gasteiger partial charge in [0.1, 0.15) is 0 Å². The molecule has 0 aliphatic carbocycles. The predicted octanol–water partition coefficient (Wildman–Crippen LogP) is 3.19. The summed E-state index contributed by atoms with van der Waals surface area (Å²) in [6.07, 6.45) is 2.55. The van der Waals surface area contributed by atoms with Crippen molar-refractivity contribution in [2.24, 2.45) is 5.41 Å². The largest absolute Gasteiger partial charge is 0.394 e. The first-order valence-electron chi connectivity index (χ1n) is 9.84. The fraction of sp³-hybridized carbons (Fsp3) is 0.455. The highest BCUT2D eigenvalue weighted by molar-refractivity contribution is 7.13. The third-order valence-corrected chi connectivity index (χ3v) is 7.16. The number of hydrogen-bond acceptors (Lipinski definition) is 4. The van der Waals surface area contributed by atoms with Gasteiger partial charge in [-0.2, -0.15) is 0 Å². The van der Waals surface area contributed by atoms with E-state index in [4.69, 9.17) is 0 Å². The molecule has 0 unspecified atom stereocenters. The smallest absolute Gasteiger partial charge is 0.263 e. The Morgan fingerprint density at radius 3 is 2.43 bits per heavy atom. The summed E-state index contributed by atoms with van der Waals surface area (Å²) in [7, 11) is 0. The summed E-state index contributed by atoms with van der Waals surface area (Å²) in [5.74, 6) is 0.103. The fourth-order valence-electron chi connectivity index (χ4n) is 4.56. The van der Waals surface area contributed by atoms with Crippen molar-refractivity contribution in [2.45, 2.75) is 32.2 Å². The SMILES string of the molecule is Cc1ccc(C(=O)N2CCC3(CC2)C[C@H](CO)N(C(=O)c2ccccc2)C3)s1. The third-order valence-electron chi connectivity index (χ3n) is 6.17. The number of carbonyl (C=O) groups excluding carboxylic acids is 2. The zero-order valence-electron chi connectivity index (χ0n) is 16.1. The average Bonchev–Trinajstić information content (AvgIpc) is 3.32. The van der Waals surface area contributed by atoms with Crippen LogP contribution in [0.5, 0.6) is 0 Å². The van der Waals surface area contributed by atoms with Crippen molar-refractivity contribution in [1.29, 1.82) is 0 Å². The molecule has 5 nitrogen and oxygen atoms in total. The van der Waals surface area contributed by atoms with Gasteiger partial charge < -0.3 is 14.9 Å². The van der Waals surface area contributed by atoms with Crippen LogP contribution in [0.3, 0.4) is 0 Å². The minimum Gasteiger partial charge on any atom is -0.394 e. The molecule has 6 heteroatoms. The number of aryl methyl sites for hydroxylation is 1. The number of aliphatic hydroxyl groups excluding tert-OH is 1. The molecule has 0 radical (unpaired) electrons. The molecule has 3 heterocycles. The molecule has 2 fully saturated rings. The first kappa shape index (κ1) is 19.2. The highest BCUT2D eigenvalue weighted by atomic mass is 32.1. The number of piperidine rings is 1. The lowest BCUT2D eigenvalue weighted by atomic mass is 9.76. The van der Waals surface area contributed by atoms with E-state index in [0.717, 1.165) is 29.0 Å². The van der Waals surface area contributed by atoms with Gasteiger partial charge in [0.15, 0.2) is 0 Å². The van der Waals surface area contributed by atoms with Gasteiger partial charge >= 0.3 is 0 Å². The Bertz CT molecular complexity index is 856. The molecule has 1 N–H and O–H groups in total. The molecule has 4 rings (SSSR count). The quantitative estimate of drug-likeness (QED) is 0.864. The minimum atomic E-state index is -0.144. The number of nitrogens with zero attached hydrogens (tertiary/aromatic N) is 2. The van der Waals surface area contributed by atoms with Gasteiger partial charge in [-0.3, -0.25) is 9.59 Å². The second-order valence-electron chi connectivity index (χ2n) is 8.04. The van der Waals surface area contributed by atoms with Crippen LogP contribution in [0.15, 0.2) is 42.5 Å². The van der Waals surface area contributed by atoms with E-state index in [1.165, 1.54) is 0 Å². The van der Waals surface area contributed by atoms with Gasteiger partial charge in [0, 0.05) is 30.1 Å². The van der Waals surface area contributed by atoms with Crippen LogP contribution >= 0.6 is 11.3 Å². The number of rotatable bonds is 3. The molecular formula is C22H26N2O3S. The Kier molecular flexibility index (Phi) is 5.25. The topological polar surface area (TPSA) is 60.9 Å². The lowest BCUT2D eigenvalue weighted by Gasteiger charge is -2.39. The number of benzene rings is 1. The molecule has 2 aliphatic rings. The maximum atomic E-state index is 13.0. The Balaban J connectivity index is 1.44. The zero-order valence-corrected chi connectivity index (χ0v) is 17.0. The van der Waals surface area contributed by atoms with Crippen molar-refractivity contribution in [3.05, 3.63) is 57.8 Å².